The van der Waals surface area contributed by atoms with Gasteiger partial charge in [-0.2, -0.15) is 13.2 Å². The molecule has 3 rings (SSSR count). The molecule has 0 saturated carbocycles. The number of amides is 1. The molecule has 0 saturated heterocycles. The minimum Gasteiger partial charge on any atom is -0.451 e. The van der Waals surface area contributed by atoms with Crippen LogP contribution in [0.1, 0.15) is 23.9 Å². The first kappa shape index (κ1) is 21.4. The van der Waals surface area contributed by atoms with Gasteiger partial charge in [-0.25, -0.2) is 4.98 Å². The van der Waals surface area contributed by atoms with Gasteiger partial charge in [0, 0.05) is 5.69 Å². The van der Waals surface area contributed by atoms with Crippen molar-refractivity contribution in [3.8, 4) is 0 Å². The van der Waals surface area contributed by atoms with E-state index in [1.165, 1.54) is 19.1 Å². The second-order valence-corrected chi connectivity index (χ2v) is 6.90. The lowest BCUT2D eigenvalue weighted by atomic mass is 10.1. The molecule has 1 heterocycles. The second-order valence-electron chi connectivity index (χ2n) is 6.90. The van der Waals surface area contributed by atoms with Gasteiger partial charge in [-0.3, -0.25) is 9.59 Å². The smallest absolute Gasteiger partial charge is 0.449 e. The van der Waals surface area contributed by atoms with E-state index in [0.717, 1.165) is 15.7 Å². The molecule has 1 amide bonds. The quantitative estimate of drug-likeness (QED) is 0.628. The average Bonchev–Trinajstić information content (AvgIpc) is 3.03. The van der Waals surface area contributed by atoms with Crippen LogP contribution in [0, 0.1) is 13.8 Å². The second kappa shape index (κ2) is 8.17. The number of rotatable bonds is 5. The van der Waals surface area contributed by atoms with Gasteiger partial charge in [-0.1, -0.05) is 30.3 Å². The van der Waals surface area contributed by atoms with Crippen LogP contribution in [-0.4, -0.2) is 27.5 Å². The first-order chi connectivity index (χ1) is 14.1. The Morgan fingerprint density at radius 3 is 2.37 bits per heavy atom. The largest absolute Gasteiger partial charge is 0.451 e. The SMILES string of the molecule is Cc1cccc(C)c1NC(=O)C(C)OC(=O)Cn1c(C(F)(F)F)nc2ccccc21. The van der Waals surface area contributed by atoms with E-state index < -0.39 is 36.5 Å². The predicted molar refractivity (Wildman–Crippen MR) is 105 cm³/mol. The number of fused-ring (bicyclic) bond motifs is 1. The zero-order valence-corrected chi connectivity index (χ0v) is 16.6. The Kier molecular flexibility index (Phi) is 5.82. The van der Waals surface area contributed by atoms with Crippen LogP contribution in [0.15, 0.2) is 42.5 Å². The van der Waals surface area contributed by atoms with Gasteiger partial charge >= 0.3 is 12.1 Å². The zero-order chi connectivity index (χ0) is 22.1. The minimum absolute atomic E-state index is 0.110. The molecule has 3 aromatic rings. The summed E-state index contributed by atoms with van der Waals surface area (Å²) < 4.78 is 45.9. The highest BCUT2D eigenvalue weighted by Crippen LogP contribution is 2.31. The van der Waals surface area contributed by atoms with Crippen molar-refractivity contribution in [1.29, 1.82) is 0 Å². The zero-order valence-electron chi connectivity index (χ0n) is 16.6. The number of anilines is 1. The summed E-state index contributed by atoms with van der Waals surface area (Å²) in [7, 11) is 0. The van der Waals surface area contributed by atoms with Gasteiger partial charge in [0.05, 0.1) is 11.0 Å². The molecule has 0 fully saturated rings. The highest BCUT2D eigenvalue weighted by molar-refractivity contribution is 5.96. The number of hydrogen-bond acceptors (Lipinski definition) is 4. The number of alkyl halides is 3. The number of nitrogens with one attached hydrogen (secondary N) is 1. The van der Waals surface area contributed by atoms with E-state index in [9.17, 15) is 22.8 Å². The molecule has 0 radical (unpaired) electrons. The molecule has 1 atom stereocenters. The fourth-order valence-electron chi connectivity index (χ4n) is 3.11. The molecule has 0 aliphatic rings. The number of aromatic nitrogens is 2. The van der Waals surface area contributed by atoms with Crippen LogP contribution in [0.5, 0.6) is 0 Å². The fourth-order valence-corrected chi connectivity index (χ4v) is 3.11. The molecule has 0 aliphatic heterocycles. The number of aryl methyl sites for hydroxylation is 2. The highest BCUT2D eigenvalue weighted by Gasteiger charge is 2.38. The number of esters is 1. The summed E-state index contributed by atoms with van der Waals surface area (Å²) in [5.41, 5.74) is 2.53. The number of para-hydroxylation sites is 3. The van der Waals surface area contributed by atoms with Crippen molar-refractivity contribution in [1.82, 2.24) is 9.55 Å². The molecule has 6 nitrogen and oxygen atoms in total. The lowest BCUT2D eigenvalue weighted by molar-refractivity contribution is -0.156. The van der Waals surface area contributed by atoms with Crippen LogP contribution in [0.2, 0.25) is 0 Å². The molecule has 1 unspecified atom stereocenters. The maximum atomic E-state index is 13.3. The topological polar surface area (TPSA) is 73.2 Å². The highest BCUT2D eigenvalue weighted by atomic mass is 19.4. The molecule has 2 aromatic carbocycles. The molecule has 9 heteroatoms. The number of carbonyl (C=O) groups is 2. The van der Waals surface area contributed by atoms with E-state index in [1.807, 2.05) is 32.0 Å². The van der Waals surface area contributed by atoms with Crippen molar-refractivity contribution in [2.45, 2.75) is 39.6 Å². The van der Waals surface area contributed by atoms with E-state index in [-0.39, 0.29) is 11.0 Å². The maximum absolute atomic E-state index is 13.3. The number of ether oxygens (including phenoxy) is 1. The monoisotopic (exact) mass is 419 g/mol. The fraction of sp³-hybridized carbons (Fsp3) is 0.286. The number of carbonyl (C=O) groups excluding carboxylic acids is 2. The Morgan fingerprint density at radius 1 is 1.10 bits per heavy atom. The molecule has 0 spiro atoms. The predicted octanol–water partition coefficient (Wildman–Crippen LogP) is 4.24. The molecule has 1 N–H and O–H groups in total. The molecule has 0 bridgehead atoms. The molecule has 30 heavy (non-hydrogen) atoms. The number of benzene rings is 2. The van der Waals surface area contributed by atoms with Crippen LogP contribution < -0.4 is 5.32 Å². The first-order valence-corrected chi connectivity index (χ1v) is 9.17. The lowest BCUT2D eigenvalue weighted by Crippen LogP contribution is -2.32. The van der Waals surface area contributed by atoms with Crippen molar-refractivity contribution in [2.24, 2.45) is 0 Å². The van der Waals surface area contributed by atoms with Crippen molar-refractivity contribution >= 4 is 28.6 Å². The number of halogens is 3. The molecule has 158 valence electrons. The number of nitrogens with zero attached hydrogens (tertiary/aromatic N) is 2. The van der Waals surface area contributed by atoms with Crippen molar-refractivity contribution in [2.75, 3.05) is 5.32 Å². The minimum atomic E-state index is -4.75. The van der Waals surface area contributed by atoms with Crippen molar-refractivity contribution in [3.63, 3.8) is 0 Å². The third-order valence-corrected chi connectivity index (χ3v) is 4.60. The Bertz CT molecular complexity index is 1090. The Morgan fingerprint density at radius 2 is 1.73 bits per heavy atom. The van der Waals surface area contributed by atoms with Crippen LogP contribution in [0.25, 0.3) is 11.0 Å². The summed E-state index contributed by atoms with van der Waals surface area (Å²) in [6.07, 6.45) is -5.94. The third kappa shape index (κ3) is 4.45. The third-order valence-electron chi connectivity index (χ3n) is 4.60. The van der Waals surface area contributed by atoms with Crippen LogP contribution in [0.4, 0.5) is 18.9 Å². The Balaban J connectivity index is 1.75. The van der Waals surface area contributed by atoms with Gasteiger partial charge < -0.3 is 14.6 Å². The van der Waals surface area contributed by atoms with E-state index in [2.05, 4.69) is 10.3 Å². The summed E-state index contributed by atoms with van der Waals surface area (Å²) in [6, 6.07) is 11.4. The summed E-state index contributed by atoms with van der Waals surface area (Å²) in [5, 5.41) is 2.69. The van der Waals surface area contributed by atoms with Crippen LogP contribution in [0.3, 0.4) is 0 Å². The maximum Gasteiger partial charge on any atom is 0.449 e. The van der Waals surface area contributed by atoms with Gasteiger partial charge in [-0.05, 0) is 44.0 Å². The summed E-state index contributed by atoms with van der Waals surface area (Å²) in [6.45, 7) is 4.28. The van der Waals surface area contributed by atoms with E-state index >= 15 is 0 Å². The Labute approximate surface area is 170 Å². The summed E-state index contributed by atoms with van der Waals surface area (Å²) in [5.74, 6) is -2.76. The number of hydrogen-bond donors (Lipinski definition) is 1. The summed E-state index contributed by atoms with van der Waals surface area (Å²) in [4.78, 5) is 28.3. The first-order valence-electron chi connectivity index (χ1n) is 9.17. The van der Waals surface area contributed by atoms with Gasteiger partial charge in [0.15, 0.2) is 6.10 Å². The molecule has 1 aromatic heterocycles. The number of imidazole rings is 1. The van der Waals surface area contributed by atoms with Crippen LogP contribution >= 0.6 is 0 Å². The van der Waals surface area contributed by atoms with Crippen molar-refractivity contribution in [3.05, 3.63) is 59.4 Å². The normalized spacial score (nSPS) is 12.6. The lowest BCUT2D eigenvalue weighted by Gasteiger charge is -2.17. The summed E-state index contributed by atoms with van der Waals surface area (Å²) >= 11 is 0. The molecule has 0 aliphatic carbocycles. The Hall–Kier alpha value is -3.36. The van der Waals surface area contributed by atoms with E-state index in [0.29, 0.717) is 5.69 Å². The van der Waals surface area contributed by atoms with Gasteiger partial charge in [-0.15, -0.1) is 0 Å². The molecular formula is C21H20F3N3O3. The van der Waals surface area contributed by atoms with Gasteiger partial charge in [0.2, 0.25) is 5.82 Å². The van der Waals surface area contributed by atoms with Crippen molar-refractivity contribution < 1.29 is 27.5 Å². The van der Waals surface area contributed by atoms with E-state index in [4.69, 9.17) is 4.74 Å². The van der Waals surface area contributed by atoms with Gasteiger partial charge in [0.1, 0.15) is 6.54 Å². The molecular weight excluding hydrogens is 399 g/mol. The standard InChI is InChI=1S/C21H20F3N3O3/c1-12-7-6-8-13(2)18(12)26-19(29)14(3)30-17(28)11-27-16-10-5-4-9-15(16)25-20(27)21(22,23)24/h4-10,14H,11H2,1-3H3,(H,26,29). The van der Waals surface area contributed by atoms with Crippen LogP contribution in [-0.2, 0) is 27.0 Å². The van der Waals surface area contributed by atoms with E-state index in [1.54, 1.807) is 12.1 Å². The average molecular weight is 419 g/mol. The van der Waals surface area contributed by atoms with Gasteiger partial charge in [0.25, 0.3) is 5.91 Å².